The SMILES string of the molecule is CCCCCC([O])c1cccs1. The van der Waals surface area contributed by atoms with Gasteiger partial charge in [0.15, 0.2) is 0 Å². The fraction of sp³-hybridized carbons (Fsp3) is 0.600. The lowest BCUT2D eigenvalue weighted by Gasteiger charge is -2.04. The highest BCUT2D eigenvalue weighted by Crippen LogP contribution is 2.24. The van der Waals surface area contributed by atoms with Crippen LogP contribution < -0.4 is 0 Å². The minimum Gasteiger partial charge on any atom is -0.227 e. The minimum atomic E-state index is -0.475. The summed E-state index contributed by atoms with van der Waals surface area (Å²) in [5.41, 5.74) is 0. The van der Waals surface area contributed by atoms with Crippen molar-refractivity contribution in [3.05, 3.63) is 22.4 Å². The van der Waals surface area contributed by atoms with Crippen LogP contribution in [0, 0.1) is 0 Å². The smallest absolute Gasteiger partial charge is 0.127 e. The van der Waals surface area contributed by atoms with Crippen molar-refractivity contribution in [3.8, 4) is 0 Å². The van der Waals surface area contributed by atoms with Gasteiger partial charge >= 0.3 is 0 Å². The van der Waals surface area contributed by atoms with Crippen molar-refractivity contribution in [2.75, 3.05) is 0 Å². The summed E-state index contributed by atoms with van der Waals surface area (Å²) in [5, 5.41) is 13.4. The predicted octanol–water partition coefficient (Wildman–Crippen LogP) is 3.80. The molecule has 1 aromatic heterocycles. The first-order valence-corrected chi connectivity index (χ1v) is 5.41. The number of hydrogen-bond donors (Lipinski definition) is 0. The Morgan fingerprint density at radius 2 is 2.33 bits per heavy atom. The number of hydrogen-bond acceptors (Lipinski definition) is 1. The van der Waals surface area contributed by atoms with E-state index in [-0.39, 0.29) is 0 Å². The van der Waals surface area contributed by atoms with Gasteiger partial charge in [0.1, 0.15) is 6.10 Å². The Kier molecular flexibility index (Phi) is 4.33. The van der Waals surface area contributed by atoms with Gasteiger partial charge in [0, 0.05) is 4.88 Å². The fourth-order valence-electron chi connectivity index (χ4n) is 1.20. The van der Waals surface area contributed by atoms with E-state index in [4.69, 9.17) is 0 Å². The Hall–Kier alpha value is -0.340. The van der Waals surface area contributed by atoms with Crippen LogP contribution in [0.4, 0.5) is 0 Å². The van der Waals surface area contributed by atoms with Gasteiger partial charge < -0.3 is 0 Å². The van der Waals surface area contributed by atoms with Crippen LogP contribution in [-0.2, 0) is 5.11 Å². The number of unbranched alkanes of at least 4 members (excludes halogenated alkanes) is 2. The highest BCUT2D eigenvalue weighted by molar-refractivity contribution is 7.10. The molecule has 1 radical (unpaired) electrons. The monoisotopic (exact) mass is 183 g/mol. The van der Waals surface area contributed by atoms with E-state index >= 15 is 0 Å². The molecular formula is C10H15OS. The molecule has 2 heteroatoms. The van der Waals surface area contributed by atoms with E-state index < -0.39 is 6.10 Å². The zero-order valence-electron chi connectivity index (χ0n) is 7.45. The number of thiophene rings is 1. The summed E-state index contributed by atoms with van der Waals surface area (Å²) in [5.74, 6) is 0. The third-order valence-corrected chi connectivity index (χ3v) is 2.89. The molecule has 0 N–H and O–H groups in total. The maximum absolute atomic E-state index is 11.5. The molecule has 0 aromatic carbocycles. The van der Waals surface area contributed by atoms with Gasteiger partial charge in [-0.15, -0.1) is 11.3 Å². The second-order valence-corrected chi connectivity index (χ2v) is 3.98. The average molecular weight is 183 g/mol. The van der Waals surface area contributed by atoms with Crippen molar-refractivity contribution in [3.63, 3.8) is 0 Å². The van der Waals surface area contributed by atoms with Gasteiger partial charge in [-0.3, -0.25) is 0 Å². The van der Waals surface area contributed by atoms with Crippen molar-refractivity contribution < 1.29 is 5.11 Å². The van der Waals surface area contributed by atoms with Crippen molar-refractivity contribution >= 4 is 11.3 Å². The lowest BCUT2D eigenvalue weighted by molar-refractivity contribution is 0.0818. The quantitative estimate of drug-likeness (QED) is 0.619. The van der Waals surface area contributed by atoms with E-state index in [1.54, 1.807) is 11.3 Å². The van der Waals surface area contributed by atoms with Crippen LogP contribution in [0.3, 0.4) is 0 Å². The Bertz CT molecular complexity index is 194. The van der Waals surface area contributed by atoms with E-state index in [9.17, 15) is 5.11 Å². The van der Waals surface area contributed by atoms with Crippen molar-refractivity contribution in [2.24, 2.45) is 0 Å². The molecule has 1 unspecified atom stereocenters. The normalized spacial score (nSPS) is 13.2. The summed E-state index contributed by atoms with van der Waals surface area (Å²) < 4.78 is 0. The molecule has 0 aliphatic heterocycles. The molecule has 0 fully saturated rings. The first kappa shape index (κ1) is 9.75. The summed E-state index contributed by atoms with van der Waals surface area (Å²) in [7, 11) is 0. The van der Waals surface area contributed by atoms with Gasteiger partial charge in [-0.05, 0) is 17.9 Å². The second-order valence-electron chi connectivity index (χ2n) is 3.00. The summed E-state index contributed by atoms with van der Waals surface area (Å²) in [6.07, 6.45) is 3.77. The Balaban J connectivity index is 2.25. The zero-order valence-corrected chi connectivity index (χ0v) is 8.27. The molecular weight excluding hydrogens is 168 g/mol. The first-order valence-electron chi connectivity index (χ1n) is 4.53. The summed E-state index contributed by atoms with van der Waals surface area (Å²) in [6.45, 7) is 2.16. The van der Waals surface area contributed by atoms with E-state index in [2.05, 4.69) is 6.92 Å². The van der Waals surface area contributed by atoms with Crippen molar-refractivity contribution in [1.29, 1.82) is 0 Å². The molecule has 0 bridgehead atoms. The summed E-state index contributed by atoms with van der Waals surface area (Å²) in [4.78, 5) is 0.992. The molecule has 1 atom stereocenters. The van der Waals surface area contributed by atoms with Gasteiger partial charge in [-0.2, -0.15) is 0 Å². The third-order valence-electron chi connectivity index (χ3n) is 1.93. The van der Waals surface area contributed by atoms with Gasteiger partial charge in [0.05, 0.1) is 0 Å². The van der Waals surface area contributed by atoms with Crippen molar-refractivity contribution in [2.45, 2.75) is 38.7 Å². The highest BCUT2D eigenvalue weighted by atomic mass is 32.1. The molecule has 1 heterocycles. The van der Waals surface area contributed by atoms with Crippen LogP contribution in [-0.4, -0.2) is 0 Å². The number of rotatable bonds is 5. The highest BCUT2D eigenvalue weighted by Gasteiger charge is 2.08. The second kappa shape index (κ2) is 5.33. The first-order chi connectivity index (χ1) is 5.84. The van der Waals surface area contributed by atoms with Gasteiger partial charge in [0.2, 0.25) is 0 Å². The largest absolute Gasteiger partial charge is 0.227 e. The Morgan fingerprint density at radius 1 is 1.50 bits per heavy atom. The average Bonchev–Trinajstić information content (AvgIpc) is 2.56. The van der Waals surface area contributed by atoms with E-state index in [0.29, 0.717) is 0 Å². The van der Waals surface area contributed by atoms with Crippen LogP contribution in [0.25, 0.3) is 0 Å². The van der Waals surface area contributed by atoms with E-state index in [1.165, 1.54) is 12.8 Å². The van der Waals surface area contributed by atoms with Crippen LogP contribution in [0.5, 0.6) is 0 Å². The maximum atomic E-state index is 11.5. The van der Waals surface area contributed by atoms with Gasteiger partial charge in [0.25, 0.3) is 0 Å². The topological polar surface area (TPSA) is 19.9 Å². The predicted molar refractivity (Wildman–Crippen MR) is 51.9 cm³/mol. The van der Waals surface area contributed by atoms with Gasteiger partial charge in [-0.25, -0.2) is 5.11 Å². The molecule has 1 aromatic rings. The van der Waals surface area contributed by atoms with Crippen LogP contribution in [0.2, 0.25) is 0 Å². The van der Waals surface area contributed by atoms with Crippen LogP contribution >= 0.6 is 11.3 Å². The Morgan fingerprint density at radius 3 is 2.92 bits per heavy atom. The molecule has 0 saturated heterocycles. The van der Waals surface area contributed by atoms with E-state index in [1.807, 2.05) is 17.5 Å². The standard InChI is InChI=1S/C10H15OS/c1-2-3-4-6-9(11)10-7-5-8-12-10/h5,7-9H,2-4,6H2,1H3. The molecule has 12 heavy (non-hydrogen) atoms. The molecule has 1 nitrogen and oxygen atoms in total. The van der Waals surface area contributed by atoms with Crippen LogP contribution in [0.1, 0.15) is 43.6 Å². The van der Waals surface area contributed by atoms with Crippen LogP contribution in [0.15, 0.2) is 17.5 Å². The van der Waals surface area contributed by atoms with Crippen molar-refractivity contribution in [1.82, 2.24) is 0 Å². The molecule has 0 saturated carbocycles. The third kappa shape index (κ3) is 2.95. The maximum Gasteiger partial charge on any atom is 0.127 e. The Labute approximate surface area is 78.1 Å². The lowest BCUT2D eigenvalue weighted by atomic mass is 10.1. The molecule has 0 aliphatic rings. The summed E-state index contributed by atoms with van der Waals surface area (Å²) >= 11 is 1.58. The van der Waals surface area contributed by atoms with Gasteiger partial charge in [-0.1, -0.05) is 32.3 Å². The molecule has 67 valence electrons. The zero-order chi connectivity index (χ0) is 8.81. The molecule has 0 amide bonds. The molecule has 1 rings (SSSR count). The summed E-state index contributed by atoms with van der Waals surface area (Å²) in [6, 6.07) is 3.89. The fourth-order valence-corrected chi connectivity index (χ4v) is 1.94. The van der Waals surface area contributed by atoms with E-state index in [0.717, 1.165) is 17.7 Å². The lowest BCUT2D eigenvalue weighted by Crippen LogP contribution is -1.91. The molecule has 0 aliphatic carbocycles. The molecule has 0 spiro atoms. The minimum absolute atomic E-state index is 0.475.